The average molecular weight is 226 g/mol. The Balaban J connectivity index is 4.95. The van der Waals surface area contributed by atoms with Gasteiger partial charge < -0.3 is 14.8 Å². The van der Waals surface area contributed by atoms with Crippen molar-refractivity contribution >= 4 is 18.2 Å². The first-order chi connectivity index (χ1) is 7.52. The minimum Gasteiger partial charge on any atom is -0.463 e. The number of hydrogen-bond acceptors (Lipinski definition) is 5. The van der Waals surface area contributed by atoms with E-state index >= 15 is 0 Å². The predicted octanol–water partition coefficient (Wildman–Crippen LogP) is -0.0729. The first kappa shape index (κ1) is 14.1. The van der Waals surface area contributed by atoms with E-state index in [9.17, 15) is 14.4 Å². The van der Waals surface area contributed by atoms with Crippen LogP contribution in [0.5, 0.6) is 0 Å². The van der Waals surface area contributed by atoms with Gasteiger partial charge in [0.05, 0.1) is 6.61 Å². The van der Waals surface area contributed by atoms with Crippen LogP contribution >= 0.6 is 0 Å². The lowest BCUT2D eigenvalue weighted by molar-refractivity contribution is -0.150. The van der Waals surface area contributed by atoms with E-state index < -0.39 is 17.4 Å². The molecule has 0 spiro atoms. The number of rotatable bonds is 6. The Hall–Kier alpha value is -1.90. The summed E-state index contributed by atoms with van der Waals surface area (Å²) < 4.78 is 4.70. The zero-order chi connectivity index (χ0) is 12.6. The molecule has 0 bridgehead atoms. The summed E-state index contributed by atoms with van der Waals surface area (Å²) in [7, 11) is 0. The maximum atomic E-state index is 11.6. The highest BCUT2D eigenvalue weighted by atomic mass is 16.5. The Kier molecular flexibility index (Phi) is 5.78. The fraction of sp³-hybridized carbons (Fsp3) is 0.600. The molecule has 0 fully saturated rings. The summed E-state index contributed by atoms with van der Waals surface area (Å²) in [4.78, 5) is 32.8. The molecule has 88 valence electrons. The first-order valence-corrected chi connectivity index (χ1v) is 4.83. The molecule has 0 aliphatic heterocycles. The van der Waals surface area contributed by atoms with E-state index in [-0.39, 0.29) is 19.4 Å². The van der Waals surface area contributed by atoms with Gasteiger partial charge in [0, 0.05) is 19.8 Å². The van der Waals surface area contributed by atoms with E-state index in [1.807, 2.05) is 0 Å². The van der Waals surface area contributed by atoms with Crippen LogP contribution in [0.15, 0.2) is 0 Å². The highest BCUT2D eigenvalue weighted by molar-refractivity contribution is 5.90. The largest absolute Gasteiger partial charge is 0.463 e. The lowest BCUT2D eigenvalue weighted by atomic mass is 9.95. The van der Waals surface area contributed by atoms with Crippen LogP contribution in [0.25, 0.3) is 0 Å². The molecule has 0 aromatic heterocycles. The molecule has 0 saturated heterocycles. The maximum Gasteiger partial charge on any atom is 0.346 e. The van der Waals surface area contributed by atoms with Gasteiger partial charge in [-0.2, -0.15) is 5.26 Å². The number of esters is 1. The molecule has 0 aliphatic rings. The maximum absolute atomic E-state index is 11.6. The van der Waals surface area contributed by atoms with Crippen molar-refractivity contribution in [2.45, 2.75) is 32.2 Å². The van der Waals surface area contributed by atoms with Crippen molar-refractivity contribution in [3.8, 4) is 6.07 Å². The topological polar surface area (TPSA) is 96.3 Å². The number of carbonyl (C=O) groups is 3. The molecule has 0 saturated carbocycles. The van der Waals surface area contributed by atoms with Gasteiger partial charge in [0.2, 0.25) is 11.4 Å². The van der Waals surface area contributed by atoms with Crippen LogP contribution in [0.2, 0.25) is 0 Å². The molecule has 1 amide bonds. The van der Waals surface area contributed by atoms with E-state index in [1.54, 1.807) is 13.0 Å². The second kappa shape index (κ2) is 6.56. The van der Waals surface area contributed by atoms with Crippen molar-refractivity contribution in [2.75, 3.05) is 6.61 Å². The third kappa shape index (κ3) is 3.69. The molecule has 0 rings (SSSR count). The number of hydrogen-bond donors (Lipinski definition) is 1. The Labute approximate surface area is 93.6 Å². The SMILES string of the molecule is CCOC(=O)C(C#N)(CCC=O)NC(C)=O. The number of nitrogens with zero attached hydrogens (tertiary/aromatic N) is 1. The van der Waals surface area contributed by atoms with Crippen molar-refractivity contribution < 1.29 is 19.1 Å². The zero-order valence-corrected chi connectivity index (χ0v) is 9.28. The highest BCUT2D eigenvalue weighted by Crippen LogP contribution is 2.14. The molecular weight excluding hydrogens is 212 g/mol. The summed E-state index contributed by atoms with van der Waals surface area (Å²) in [6.45, 7) is 2.88. The van der Waals surface area contributed by atoms with Crippen LogP contribution in [-0.2, 0) is 19.1 Å². The second-order valence-electron chi connectivity index (χ2n) is 3.12. The molecule has 0 aliphatic carbocycles. The average Bonchev–Trinajstić information content (AvgIpc) is 2.24. The Morgan fingerprint density at radius 3 is 2.56 bits per heavy atom. The van der Waals surface area contributed by atoms with Crippen LogP contribution in [0.3, 0.4) is 0 Å². The number of nitrogens with one attached hydrogen (secondary N) is 1. The van der Waals surface area contributed by atoms with Gasteiger partial charge in [0.25, 0.3) is 0 Å². The first-order valence-electron chi connectivity index (χ1n) is 4.83. The van der Waals surface area contributed by atoms with Gasteiger partial charge in [0.1, 0.15) is 12.4 Å². The summed E-state index contributed by atoms with van der Waals surface area (Å²) in [6.07, 6.45) is 0.477. The fourth-order valence-corrected chi connectivity index (χ4v) is 1.18. The van der Waals surface area contributed by atoms with E-state index in [1.165, 1.54) is 6.92 Å². The molecule has 0 heterocycles. The normalized spacial score (nSPS) is 13.1. The molecule has 0 aromatic carbocycles. The Bertz CT molecular complexity index is 321. The van der Waals surface area contributed by atoms with E-state index in [2.05, 4.69) is 5.32 Å². The summed E-state index contributed by atoms with van der Waals surface area (Å²) in [5, 5.41) is 11.2. The molecule has 1 unspecified atom stereocenters. The van der Waals surface area contributed by atoms with Crippen LogP contribution in [0.1, 0.15) is 26.7 Å². The third-order valence-electron chi connectivity index (χ3n) is 1.84. The molecular formula is C10H14N2O4. The van der Waals surface area contributed by atoms with Crippen LogP contribution in [0.4, 0.5) is 0 Å². The van der Waals surface area contributed by atoms with Gasteiger partial charge in [0.15, 0.2) is 0 Å². The Morgan fingerprint density at radius 2 is 2.19 bits per heavy atom. The van der Waals surface area contributed by atoms with E-state index in [0.29, 0.717) is 6.29 Å². The van der Waals surface area contributed by atoms with Crippen LogP contribution in [0, 0.1) is 11.3 Å². The molecule has 1 atom stereocenters. The van der Waals surface area contributed by atoms with E-state index in [0.717, 1.165) is 0 Å². The molecule has 0 radical (unpaired) electrons. The molecule has 1 N–H and O–H groups in total. The zero-order valence-electron chi connectivity index (χ0n) is 9.28. The van der Waals surface area contributed by atoms with Crippen molar-refractivity contribution in [3.05, 3.63) is 0 Å². The minimum atomic E-state index is -1.76. The quantitative estimate of drug-likeness (QED) is 0.505. The molecule has 6 heteroatoms. The fourth-order valence-electron chi connectivity index (χ4n) is 1.18. The lowest BCUT2D eigenvalue weighted by Gasteiger charge is -2.23. The third-order valence-corrected chi connectivity index (χ3v) is 1.84. The predicted molar refractivity (Wildman–Crippen MR) is 54.1 cm³/mol. The number of carbonyl (C=O) groups excluding carboxylic acids is 3. The van der Waals surface area contributed by atoms with Gasteiger partial charge in [-0.25, -0.2) is 4.79 Å². The van der Waals surface area contributed by atoms with Crippen molar-refractivity contribution in [3.63, 3.8) is 0 Å². The monoisotopic (exact) mass is 226 g/mol. The number of amides is 1. The summed E-state index contributed by atoms with van der Waals surface area (Å²) in [5.41, 5.74) is -1.76. The Morgan fingerprint density at radius 1 is 1.56 bits per heavy atom. The summed E-state index contributed by atoms with van der Waals surface area (Å²) >= 11 is 0. The summed E-state index contributed by atoms with van der Waals surface area (Å²) in [6, 6.07) is 1.70. The van der Waals surface area contributed by atoms with Gasteiger partial charge in [-0.1, -0.05) is 0 Å². The molecule has 6 nitrogen and oxygen atoms in total. The minimum absolute atomic E-state index is 0.00729. The lowest BCUT2D eigenvalue weighted by Crippen LogP contribution is -2.53. The molecule has 0 aromatic rings. The van der Waals surface area contributed by atoms with Crippen LogP contribution in [-0.4, -0.2) is 30.3 Å². The number of nitriles is 1. The van der Waals surface area contributed by atoms with Gasteiger partial charge in [-0.3, -0.25) is 4.79 Å². The van der Waals surface area contributed by atoms with Crippen LogP contribution < -0.4 is 5.32 Å². The van der Waals surface area contributed by atoms with Gasteiger partial charge in [-0.05, 0) is 6.92 Å². The standard InChI is InChI=1S/C10H14N2O4/c1-3-16-9(15)10(7-11,5-4-6-13)12-8(2)14/h6H,3-5H2,1-2H3,(H,12,14). The van der Waals surface area contributed by atoms with Crippen molar-refractivity contribution in [2.24, 2.45) is 0 Å². The summed E-state index contributed by atoms with van der Waals surface area (Å²) in [5.74, 6) is -1.37. The number of aldehydes is 1. The number of ether oxygens (including phenoxy) is 1. The highest BCUT2D eigenvalue weighted by Gasteiger charge is 2.40. The molecule has 16 heavy (non-hydrogen) atoms. The van der Waals surface area contributed by atoms with E-state index in [4.69, 9.17) is 10.00 Å². The van der Waals surface area contributed by atoms with Gasteiger partial charge in [-0.15, -0.1) is 0 Å². The van der Waals surface area contributed by atoms with Crippen molar-refractivity contribution in [1.29, 1.82) is 5.26 Å². The smallest absolute Gasteiger partial charge is 0.346 e. The second-order valence-corrected chi connectivity index (χ2v) is 3.12. The van der Waals surface area contributed by atoms with Gasteiger partial charge >= 0.3 is 5.97 Å². The van der Waals surface area contributed by atoms with Crippen molar-refractivity contribution in [1.82, 2.24) is 5.32 Å².